The van der Waals surface area contributed by atoms with Gasteiger partial charge >= 0.3 is 0 Å². The van der Waals surface area contributed by atoms with E-state index in [1.54, 1.807) is 6.20 Å². The normalized spacial score (nSPS) is 17.0. The highest BCUT2D eigenvalue weighted by atomic mass is 16.5. The summed E-state index contributed by atoms with van der Waals surface area (Å²) in [6.07, 6.45) is 10.0. The highest BCUT2D eigenvalue weighted by Crippen LogP contribution is 2.33. The molecule has 0 unspecified atom stereocenters. The molecule has 7 heterocycles. The molecule has 0 aromatic carbocycles. The van der Waals surface area contributed by atoms with Gasteiger partial charge in [-0.3, -0.25) is 20.0 Å². The van der Waals surface area contributed by atoms with Gasteiger partial charge in [0.25, 0.3) is 0 Å². The van der Waals surface area contributed by atoms with E-state index in [1.165, 1.54) is 25.9 Å². The molecule has 200 valence electrons. The third-order valence-electron chi connectivity index (χ3n) is 7.92. The van der Waals surface area contributed by atoms with Gasteiger partial charge < -0.3 is 19.5 Å². The topological polar surface area (TPSA) is 102 Å². The van der Waals surface area contributed by atoms with Crippen molar-refractivity contribution < 1.29 is 4.74 Å². The highest BCUT2D eigenvalue weighted by molar-refractivity contribution is 5.98. The molecule has 10 nitrogen and oxygen atoms in total. The molecule has 0 aliphatic carbocycles. The van der Waals surface area contributed by atoms with Gasteiger partial charge in [-0.2, -0.15) is 5.10 Å². The smallest absolute Gasteiger partial charge is 0.138 e. The second-order valence-electron chi connectivity index (χ2n) is 10.6. The number of H-pyrrole nitrogens is 2. The molecule has 0 radical (unpaired) electrons. The molecule has 0 saturated carbocycles. The van der Waals surface area contributed by atoms with Gasteiger partial charge in [0.05, 0.1) is 46.7 Å². The number of likely N-dealkylation sites (tertiary alicyclic amines) is 1. The number of likely N-dealkylation sites (N-methyl/N-ethyl adjacent to an activating group) is 1. The predicted octanol–water partition coefficient (Wildman–Crippen LogP) is 3.79. The zero-order valence-electron chi connectivity index (χ0n) is 22.2. The Labute approximate surface area is 227 Å². The zero-order chi connectivity index (χ0) is 26.2. The Bertz CT molecular complexity index is 1600. The lowest BCUT2D eigenvalue weighted by molar-refractivity contribution is 0.237. The highest BCUT2D eigenvalue weighted by Gasteiger charge is 2.20. The molecule has 2 aliphatic heterocycles. The number of pyridine rings is 3. The first-order valence-electron chi connectivity index (χ1n) is 13.8. The van der Waals surface area contributed by atoms with Gasteiger partial charge in [0.2, 0.25) is 0 Å². The molecule has 5 aromatic heterocycles. The summed E-state index contributed by atoms with van der Waals surface area (Å²) in [5, 5.41) is 8.94. The third-order valence-corrected chi connectivity index (χ3v) is 7.92. The van der Waals surface area contributed by atoms with Gasteiger partial charge in [-0.05, 0) is 57.2 Å². The van der Waals surface area contributed by atoms with Crippen LogP contribution in [-0.4, -0.2) is 99.4 Å². The molecule has 0 spiro atoms. The van der Waals surface area contributed by atoms with Gasteiger partial charge in [0, 0.05) is 49.9 Å². The lowest BCUT2D eigenvalue weighted by atomic mass is 10.1. The predicted molar refractivity (Wildman–Crippen MR) is 153 cm³/mol. The van der Waals surface area contributed by atoms with Crippen molar-refractivity contribution in [2.45, 2.75) is 12.8 Å². The maximum atomic E-state index is 6.03. The fraction of sp³-hybridized carbons (Fsp3) is 0.379. The van der Waals surface area contributed by atoms with E-state index >= 15 is 0 Å². The maximum absolute atomic E-state index is 6.03. The number of nitrogens with zero attached hydrogens (tertiary/aromatic N) is 7. The summed E-state index contributed by atoms with van der Waals surface area (Å²) in [7, 11) is 2.17. The Morgan fingerprint density at radius 3 is 2.62 bits per heavy atom. The van der Waals surface area contributed by atoms with Gasteiger partial charge in [-0.25, -0.2) is 4.98 Å². The summed E-state index contributed by atoms with van der Waals surface area (Å²) >= 11 is 0. The summed E-state index contributed by atoms with van der Waals surface area (Å²) in [5.41, 5.74) is 7.31. The molecule has 2 saturated heterocycles. The number of piperazine rings is 1. The first-order valence-corrected chi connectivity index (χ1v) is 13.8. The van der Waals surface area contributed by atoms with E-state index in [9.17, 15) is 0 Å². The van der Waals surface area contributed by atoms with E-state index in [0.29, 0.717) is 6.61 Å². The summed E-state index contributed by atoms with van der Waals surface area (Å²) in [4.78, 5) is 24.7. The van der Waals surface area contributed by atoms with Crippen molar-refractivity contribution in [2.75, 3.05) is 64.4 Å². The van der Waals surface area contributed by atoms with Crippen LogP contribution < -0.4 is 9.64 Å². The molecule has 2 fully saturated rings. The molecule has 0 atom stereocenters. The van der Waals surface area contributed by atoms with Gasteiger partial charge in [0.1, 0.15) is 23.6 Å². The number of rotatable bonds is 7. The van der Waals surface area contributed by atoms with E-state index in [4.69, 9.17) is 9.72 Å². The van der Waals surface area contributed by atoms with Crippen molar-refractivity contribution in [3.8, 4) is 28.4 Å². The molecule has 5 aromatic rings. The monoisotopic (exact) mass is 523 g/mol. The van der Waals surface area contributed by atoms with Crippen LogP contribution in [0.2, 0.25) is 0 Å². The number of nitrogens with one attached hydrogen (secondary N) is 2. The van der Waals surface area contributed by atoms with E-state index in [0.717, 1.165) is 88.7 Å². The number of fused-ring (bicyclic) bond motifs is 2. The first kappa shape index (κ1) is 24.1. The maximum Gasteiger partial charge on any atom is 0.138 e. The quantitative estimate of drug-likeness (QED) is 0.332. The van der Waals surface area contributed by atoms with E-state index < -0.39 is 0 Å². The van der Waals surface area contributed by atoms with Crippen molar-refractivity contribution in [1.29, 1.82) is 0 Å². The van der Waals surface area contributed by atoms with Crippen LogP contribution in [-0.2, 0) is 0 Å². The Morgan fingerprint density at radius 2 is 1.74 bits per heavy atom. The summed E-state index contributed by atoms with van der Waals surface area (Å²) in [6, 6.07) is 8.21. The molecule has 39 heavy (non-hydrogen) atoms. The SMILES string of the molecule is CN1CCN(c2cncc3[nH]c(-c4n[nH]c5ccc(-c6cncc(OCCN7CCCC7)c6)nc45)cc23)CC1. The van der Waals surface area contributed by atoms with Gasteiger partial charge in [-0.1, -0.05) is 0 Å². The molecule has 10 heteroatoms. The van der Waals surface area contributed by atoms with Crippen molar-refractivity contribution in [3.63, 3.8) is 0 Å². The lowest BCUT2D eigenvalue weighted by Gasteiger charge is -2.34. The van der Waals surface area contributed by atoms with Gasteiger partial charge in [-0.15, -0.1) is 0 Å². The minimum atomic E-state index is 0.662. The van der Waals surface area contributed by atoms with Crippen LogP contribution in [0.5, 0.6) is 5.75 Å². The summed E-state index contributed by atoms with van der Waals surface area (Å²) < 4.78 is 6.03. The lowest BCUT2D eigenvalue weighted by Crippen LogP contribution is -2.44. The minimum Gasteiger partial charge on any atom is -0.491 e. The molecule has 7 rings (SSSR count). The van der Waals surface area contributed by atoms with Crippen LogP contribution in [0.1, 0.15) is 12.8 Å². The zero-order valence-corrected chi connectivity index (χ0v) is 22.2. The van der Waals surface area contributed by atoms with E-state index in [2.05, 4.69) is 53.0 Å². The minimum absolute atomic E-state index is 0.662. The fourth-order valence-electron chi connectivity index (χ4n) is 5.65. The average molecular weight is 524 g/mol. The largest absolute Gasteiger partial charge is 0.491 e. The Morgan fingerprint density at radius 1 is 0.897 bits per heavy atom. The van der Waals surface area contributed by atoms with Crippen LogP contribution in [0.25, 0.3) is 44.6 Å². The first-order chi connectivity index (χ1) is 19.2. The van der Waals surface area contributed by atoms with E-state index in [-0.39, 0.29) is 0 Å². The molecule has 0 amide bonds. The van der Waals surface area contributed by atoms with Crippen LogP contribution in [0.15, 0.2) is 49.1 Å². The van der Waals surface area contributed by atoms with Crippen LogP contribution in [0.4, 0.5) is 5.69 Å². The van der Waals surface area contributed by atoms with Crippen molar-refractivity contribution in [2.24, 2.45) is 0 Å². The van der Waals surface area contributed by atoms with Crippen LogP contribution in [0.3, 0.4) is 0 Å². The van der Waals surface area contributed by atoms with Crippen molar-refractivity contribution in [3.05, 3.63) is 49.1 Å². The average Bonchev–Trinajstić information content (AvgIpc) is 3.73. The number of anilines is 1. The number of aromatic nitrogens is 6. The molecule has 2 aliphatic rings. The third kappa shape index (κ3) is 4.81. The van der Waals surface area contributed by atoms with Crippen molar-refractivity contribution >= 4 is 27.6 Å². The van der Waals surface area contributed by atoms with Crippen LogP contribution >= 0.6 is 0 Å². The number of aromatic amines is 2. The Balaban J connectivity index is 1.17. The summed E-state index contributed by atoms with van der Waals surface area (Å²) in [5.74, 6) is 0.764. The van der Waals surface area contributed by atoms with Crippen molar-refractivity contribution in [1.82, 2.24) is 39.9 Å². The van der Waals surface area contributed by atoms with E-state index in [1.807, 2.05) is 36.8 Å². The number of hydrogen-bond acceptors (Lipinski definition) is 8. The molecule has 2 N–H and O–H groups in total. The fourth-order valence-corrected chi connectivity index (χ4v) is 5.65. The molecule has 0 bridgehead atoms. The number of ether oxygens (including phenoxy) is 1. The summed E-state index contributed by atoms with van der Waals surface area (Å²) in [6.45, 7) is 8.02. The van der Waals surface area contributed by atoms with Crippen LogP contribution in [0, 0.1) is 0 Å². The molecular formula is C29H33N9O. The Hall–Kier alpha value is -4.02. The second-order valence-corrected chi connectivity index (χ2v) is 10.6. The molecular weight excluding hydrogens is 490 g/mol. The standard InChI is InChI=1S/C29H33N9O/c1-36-8-10-38(11-9-36)27-19-31-18-26-22(27)15-25(32-26)29-28-24(34-35-29)5-4-23(33-28)20-14-21(17-30-16-20)39-13-12-37-6-2-3-7-37/h4-5,14-19,32H,2-3,6-13H2,1H3,(H,34,35). The Kier molecular flexibility index (Phi) is 6.34. The number of hydrogen-bond donors (Lipinski definition) is 2. The van der Waals surface area contributed by atoms with Gasteiger partial charge in [0.15, 0.2) is 0 Å². The second kappa shape index (κ2) is 10.3.